The van der Waals surface area contributed by atoms with E-state index in [1.54, 1.807) is 12.1 Å². The summed E-state index contributed by atoms with van der Waals surface area (Å²) >= 11 is 23.3. The lowest BCUT2D eigenvalue weighted by molar-refractivity contribution is 0.0948. The molecule has 0 spiro atoms. The molecule has 1 amide bonds. The van der Waals surface area contributed by atoms with Gasteiger partial charge in [-0.15, -0.1) is 0 Å². The van der Waals surface area contributed by atoms with Gasteiger partial charge in [0.1, 0.15) is 0 Å². The maximum atomic E-state index is 12.8. The second-order valence-corrected chi connectivity index (χ2v) is 10.1. The molecule has 2 rings (SSSR count). The Morgan fingerprint density at radius 2 is 1.52 bits per heavy atom. The summed E-state index contributed by atoms with van der Waals surface area (Å²) in [5.41, 5.74) is 1.05. The number of rotatable bonds is 4. The first-order valence-electron chi connectivity index (χ1n) is 6.95. The summed E-state index contributed by atoms with van der Waals surface area (Å²) in [6, 6.07) is 11.9. The van der Waals surface area contributed by atoms with Crippen molar-refractivity contribution in [2.75, 3.05) is 0 Å². The number of halogens is 4. The van der Waals surface area contributed by atoms with Gasteiger partial charge in [-0.3, -0.25) is 4.79 Å². The topological polar surface area (TPSA) is 63.2 Å². The Bertz CT molecular complexity index is 860. The van der Waals surface area contributed by atoms with Gasteiger partial charge in [-0.05, 0) is 43.3 Å². The van der Waals surface area contributed by atoms with Crippen LogP contribution in [0.2, 0.25) is 5.02 Å². The van der Waals surface area contributed by atoms with E-state index < -0.39 is 24.9 Å². The highest BCUT2D eigenvalue weighted by molar-refractivity contribution is 7.92. The van der Waals surface area contributed by atoms with Crippen molar-refractivity contribution in [3.63, 3.8) is 0 Å². The number of benzene rings is 2. The van der Waals surface area contributed by atoms with E-state index in [2.05, 4.69) is 5.32 Å². The molecule has 0 aliphatic heterocycles. The molecule has 0 bridgehead atoms. The average Bonchev–Trinajstić information content (AvgIpc) is 2.52. The van der Waals surface area contributed by atoms with Gasteiger partial charge in [-0.2, -0.15) is 0 Å². The molecule has 0 unspecified atom stereocenters. The van der Waals surface area contributed by atoms with E-state index in [1.165, 1.54) is 36.4 Å². The van der Waals surface area contributed by atoms with Gasteiger partial charge >= 0.3 is 0 Å². The van der Waals surface area contributed by atoms with Gasteiger partial charge in [-0.25, -0.2) is 8.42 Å². The van der Waals surface area contributed by atoms with Gasteiger partial charge in [-0.1, -0.05) is 64.1 Å². The van der Waals surface area contributed by atoms with Crippen molar-refractivity contribution in [3.8, 4) is 0 Å². The Morgan fingerprint density at radius 1 is 1.00 bits per heavy atom. The van der Waals surface area contributed by atoms with E-state index in [0.717, 1.165) is 5.56 Å². The molecule has 2 aromatic rings. The van der Waals surface area contributed by atoms with Crippen LogP contribution >= 0.6 is 46.4 Å². The van der Waals surface area contributed by atoms with Crippen molar-refractivity contribution in [1.82, 2.24) is 5.32 Å². The number of alkyl halides is 3. The van der Waals surface area contributed by atoms with Crippen LogP contribution in [0.25, 0.3) is 0 Å². The molecule has 0 aromatic heterocycles. The third-order valence-corrected chi connectivity index (χ3v) is 6.64. The first-order chi connectivity index (χ1) is 11.5. The van der Waals surface area contributed by atoms with Crippen LogP contribution in [0.5, 0.6) is 0 Å². The number of carbonyl (C=O) groups is 1. The number of hydrogen-bond donors (Lipinski definition) is 1. The summed E-state index contributed by atoms with van der Waals surface area (Å²) in [4.78, 5) is 12.3. The molecular weight excluding hydrogens is 428 g/mol. The molecule has 0 heterocycles. The minimum atomic E-state index is -4.14. The maximum absolute atomic E-state index is 12.8. The fourth-order valence-electron chi connectivity index (χ4n) is 2.00. The molecule has 0 saturated heterocycles. The van der Waals surface area contributed by atoms with Crippen molar-refractivity contribution < 1.29 is 13.2 Å². The van der Waals surface area contributed by atoms with Crippen LogP contribution < -0.4 is 5.32 Å². The molecule has 0 aliphatic rings. The van der Waals surface area contributed by atoms with Crippen molar-refractivity contribution in [2.24, 2.45) is 0 Å². The molecular formula is C16H13Cl4NO3S. The summed E-state index contributed by atoms with van der Waals surface area (Å²) in [5, 5.41) is 0.945. The first kappa shape index (κ1) is 20.3. The molecule has 1 N–H and O–H groups in total. The SMILES string of the molecule is Cc1ccc(S(=O)(=O)[C@@H](NC(=O)c2ccc(Cl)cc2)C(Cl)(Cl)Cl)cc1. The van der Waals surface area contributed by atoms with Crippen LogP contribution in [0.3, 0.4) is 0 Å². The highest BCUT2D eigenvalue weighted by Gasteiger charge is 2.44. The fourth-order valence-corrected chi connectivity index (χ4v) is 4.75. The molecule has 9 heteroatoms. The number of aryl methyl sites for hydroxylation is 1. The second-order valence-electron chi connectivity index (χ2n) is 5.26. The fraction of sp³-hybridized carbons (Fsp3) is 0.188. The van der Waals surface area contributed by atoms with Crippen LogP contribution in [-0.2, 0) is 9.84 Å². The highest BCUT2D eigenvalue weighted by atomic mass is 35.6. The highest BCUT2D eigenvalue weighted by Crippen LogP contribution is 2.36. The van der Waals surface area contributed by atoms with Crippen LogP contribution in [0.1, 0.15) is 15.9 Å². The Kier molecular flexibility index (Phi) is 6.28. The van der Waals surface area contributed by atoms with Crippen LogP contribution in [0, 0.1) is 6.92 Å². The number of nitrogens with one attached hydrogen (secondary N) is 1. The van der Waals surface area contributed by atoms with Crippen LogP contribution in [-0.4, -0.2) is 23.5 Å². The van der Waals surface area contributed by atoms with Crippen LogP contribution in [0.15, 0.2) is 53.4 Å². The summed E-state index contributed by atoms with van der Waals surface area (Å²) in [6.45, 7) is 1.81. The van der Waals surface area contributed by atoms with Crippen molar-refractivity contribution in [3.05, 3.63) is 64.7 Å². The van der Waals surface area contributed by atoms with Crippen molar-refractivity contribution >= 4 is 62.1 Å². The Labute approximate surface area is 165 Å². The van der Waals surface area contributed by atoms with Crippen molar-refractivity contribution in [1.29, 1.82) is 0 Å². The quantitative estimate of drug-likeness (QED) is 0.709. The van der Waals surface area contributed by atoms with E-state index in [0.29, 0.717) is 5.02 Å². The molecule has 0 saturated carbocycles. The normalized spacial score (nSPS) is 13.3. The third kappa shape index (κ3) is 5.02. The number of amides is 1. The van der Waals surface area contributed by atoms with Crippen molar-refractivity contribution in [2.45, 2.75) is 21.0 Å². The van der Waals surface area contributed by atoms with Crippen LogP contribution in [0.4, 0.5) is 0 Å². The van der Waals surface area contributed by atoms with E-state index in [1.807, 2.05) is 6.92 Å². The molecule has 1 atom stereocenters. The molecule has 0 aliphatic carbocycles. The molecule has 25 heavy (non-hydrogen) atoms. The first-order valence-corrected chi connectivity index (χ1v) is 10.0. The minimum Gasteiger partial charge on any atom is -0.332 e. The molecule has 0 radical (unpaired) electrons. The summed E-state index contributed by atoms with van der Waals surface area (Å²) in [7, 11) is -4.14. The molecule has 2 aromatic carbocycles. The van der Waals surface area contributed by atoms with Gasteiger partial charge in [0.25, 0.3) is 5.91 Å². The maximum Gasteiger partial charge on any atom is 0.252 e. The molecule has 4 nitrogen and oxygen atoms in total. The zero-order chi connectivity index (χ0) is 18.8. The smallest absolute Gasteiger partial charge is 0.252 e. The summed E-state index contributed by atoms with van der Waals surface area (Å²) in [5.74, 6) is -0.705. The summed E-state index contributed by atoms with van der Waals surface area (Å²) < 4.78 is 23.4. The number of carbonyl (C=O) groups excluding carboxylic acids is 1. The third-order valence-electron chi connectivity index (χ3n) is 3.33. The Hall–Kier alpha value is -0.980. The molecule has 134 valence electrons. The summed E-state index contributed by atoms with van der Waals surface area (Å²) in [6.07, 6.45) is 0. The second kappa shape index (κ2) is 7.72. The lowest BCUT2D eigenvalue weighted by atomic mass is 10.2. The Balaban J connectivity index is 2.38. The zero-order valence-corrected chi connectivity index (χ0v) is 16.7. The minimum absolute atomic E-state index is 0.0640. The Morgan fingerprint density at radius 3 is 2.00 bits per heavy atom. The van der Waals surface area contributed by atoms with E-state index in [9.17, 15) is 13.2 Å². The zero-order valence-electron chi connectivity index (χ0n) is 12.8. The van der Waals surface area contributed by atoms with Gasteiger partial charge in [0.05, 0.1) is 4.90 Å². The largest absolute Gasteiger partial charge is 0.332 e. The number of hydrogen-bond acceptors (Lipinski definition) is 3. The van der Waals surface area contributed by atoms with E-state index >= 15 is 0 Å². The van der Waals surface area contributed by atoms with E-state index in [-0.39, 0.29) is 10.5 Å². The van der Waals surface area contributed by atoms with Gasteiger partial charge in [0, 0.05) is 10.6 Å². The van der Waals surface area contributed by atoms with Gasteiger partial charge in [0.15, 0.2) is 5.37 Å². The monoisotopic (exact) mass is 439 g/mol. The predicted octanol–water partition coefficient (Wildman–Crippen LogP) is 4.55. The predicted molar refractivity (Wildman–Crippen MR) is 101 cm³/mol. The standard InChI is InChI=1S/C16H13Cl4NO3S/c1-10-2-8-13(9-3-10)25(23,24)15(16(18,19)20)21-14(22)11-4-6-12(17)7-5-11/h2-9,15H,1H3,(H,21,22)/t15-/m1/s1. The molecule has 0 fully saturated rings. The van der Waals surface area contributed by atoms with Gasteiger partial charge in [0.2, 0.25) is 13.6 Å². The van der Waals surface area contributed by atoms with E-state index in [4.69, 9.17) is 46.4 Å². The van der Waals surface area contributed by atoms with Gasteiger partial charge < -0.3 is 5.32 Å². The lowest BCUT2D eigenvalue weighted by Gasteiger charge is -2.25. The average molecular weight is 441 g/mol. The lowest BCUT2D eigenvalue weighted by Crippen LogP contribution is -2.49. The number of sulfone groups is 1.